The lowest BCUT2D eigenvalue weighted by Gasteiger charge is -2.21. The number of carboxylic acids is 1. The van der Waals surface area contributed by atoms with E-state index in [2.05, 4.69) is 6.58 Å². The molecule has 1 N–H and O–H groups in total. The molecule has 0 aromatic rings. The van der Waals surface area contributed by atoms with E-state index in [1.807, 2.05) is 19.0 Å². The third-order valence-electron chi connectivity index (χ3n) is 2.10. The minimum absolute atomic E-state index is 0.123. The number of rotatable bonds is 6. The number of hydrogen-bond donors (Lipinski definition) is 1. The predicted octanol–water partition coefficient (Wildman–Crippen LogP) is 0.941. The van der Waals surface area contributed by atoms with Crippen molar-refractivity contribution in [3.8, 4) is 0 Å². The molecule has 0 aromatic heterocycles. The highest BCUT2D eigenvalue weighted by Crippen LogP contribution is 2.04. The smallest absolute Gasteiger partial charge is 0.332 e. The molecular formula is C12H20N2O3. The Bertz CT molecular complexity index is 346. The van der Waals surface area contributed by atoms with Gasteiger partial charge in [-0.05, 0) is 27.9 Å². The second kappa shape index (κ2) is 6.85. The molecule has 1 amide bonds. The summed E-state index contributed by atoms with van der Waals surface area (Å²) < 4.78 is 0. The molecule has 96 valence electrons. The highest BCUT2D eigenvalue weighted by atomic mass is 16.4. The van der Waals surface area contributed by atoms with Gasteiger partial charge < -0.3 is 14.9 Å². The van der Waals surface area contributed by atoms with E-state index < -0.39 is 5.97 Å². The van der Waals surface area contributed by atoms with Gasteiger partial charge in [0.1, 0.15) is 0 Å². The molecule has 0 bridgehead atoms. The Hall–Kier alpha value is -1.62. The monoisotopic (exact) mass is 240 g/mol. The number of nitrogens with zero attached hydrogens (tertiary/aromatic N) is 2. The minimum atomic E-state index is -1.03. The molecule has 0 unspecified atom stereocenters. The summed E-state index contributed by atoms with van der Waals surface area (Å²) in [5, 5.41) is 8.79. The van der Waals surface area contributed by atoms with Crippen LogP contribution in [0.15, 0.2) is 23.9 Å². The highest BCUT2D eigenvalue weighted by molar-refractivity contribution is 5.94. The molecule has 0 saturated carbocycles. The van der Waals surface area contributed by atoms with Crippen molar-refractivity contribution in [1.29, 1.82) is 0 Å². The topological polar surface area (TPSA) is 60.9 Å². The first-order valence-electron chi connectivity index (χ1n) is 5.28. The molecule has 0 aliphatic heterocycles. The number of likely N-dealkylation sites (N-methyl/N-ethyl adjacent to an activating group) is 1. The number of amides is 1. The number of carboxylic acid groups (broad SMARTS) is 1. The number of carbonyl (C=O) groups is 2. The first-order valence-corrected chi connectivity index (χ1v) is 5.28. The standard InChI is InChI=1S/C12H20N2O3/c1-9(2)11(15)14(7-6-13(4)5)8-10(3)12(16)17/h8H,1,6-7H2,2-5H3,(H,16,17). The zero-order valence-electron chi connectivity index (χ0n) is 10.9. The first-order chi connectivity index (χ1) is 7.75. The summed E-state index contributed by atoms with van der Waals surface area (Å²) in [5.41, 5.74) is 0.511. The van der Waals surface area contributed by atoms with Crippen LogP contribution in [0.4, 0.5) is 0 Å². The van der Waals surface area contributed by atoms with E-state index in [0.29, 0.717) is 18.7 Å². The van der Waals surface area contributed by atoms with Crippen molar-refractivity contribution in [2.75, 3.05) is 27.2 Å². The molecule has 0 aliphatic rings. The van der Waals surface area contributed by atoms with E-state index in [0.717, 1.165) is 0 Å². The van der Waals surface area contributed by atoms with Crippen LogP contribution in [-0.2, 0) is 9.59 Å². The molecule has 0 saturated heterocycles. The van der Waals surface area contributed by atoms with E-state index in [-0.39, 0.29) is 11.5 Å². The maximum absolute atomic E-state index is 11.8. The average Bonchev–Trinajstić information content (AvgIpc) is 2.22. The zero-order valence-corrected chi connectivity index (χ0v) is 10.9. The Balaban J connectivity index is 4.85. The highest BCUT2D eigenvalue weighted by Gasteiger charge is 2.13. The number of hydrogen-bond acceptors (Lipinski definition) is 3. The Morgan fingerprint density at radius 1 is 1.24 bits per heavy atom. The number of aliphatic carboxylic acids is 1. The molecule has 0 radical (unpaired) electrons. The lowest BCUT2D eigenvalue weighted by Crippen LogP contribution is -2.33. The SMILES string of the molecule is C=C(C)C(=O)N(C=C(C)C(=O)O)CCN(C)C. The number of carbonyl (C=O) groups excluding carboxylic acids is 1. The van der Waals surface area contributed by atoms with Crippen molar-refractivity contribution in [1.82, 2.24) is 9.80 Å². The second-order valence-electron chi connectivity index (χ2n) is 4.20. The molecule has 5 nitrogen and oxygen atoms in total. The summed E-state index contributed by atoms with van der Waals surface area (Å²) in [6, 6.07) is 0. The molecule has 0 heterocycles. The Morgan fingerprint density at radius 2 is 1.76 bits per heavy atom. The van der Waals surface area contributed by atoms with Crippen LogP contribution in [0.2, 0.25) is 0 Å². The molecule has 17 heavy (non-hydrogen) atoms. The van der Waals surface area contributed by atoms with Gasteiger partial charge in [0.15, 0.2) is 0 Å². The first kappa shape index (κ1) is 15.4. The quantitative estimate of drug-likeness (QED) is 0.702. The average molecular weight is 240 g/mol. The second-order valence-corrected chi connectivity index (χ2v) is 4.20. The lowest BCUT2D eigenvalue weighted by atomic mass is 10.2. The van der Waals surface area contributed by atoms with Crippen LogP contribution in [0.5, 0.6) is 0 Å². The van der Waals surface area contributed by atoms with Crippen molar-refractivity contribution in [3.05, 3.63) is 23.9 Å². The Kier molecular flexibility index (Phi) is 6.20. The fraction of sp³-hybridized carbons (Fsp3) is 0.500. The summed E-state index contributed by atoms with van der Waals surface area (Å²) in [6.07, 6.45) is 1.35. The largest absolute Gasteiger partial charge is 0.478 e. The summed E-state index contributed by atoms with van der Waals surface area (Å²) in [6.45, 7) is 7.72. The molecular weight excluding hydrogens is 220 g/mol. The van der Waals surface area contributed by atoms with Crippen molar-refractivity contribution in [2.24, 2.45) is 0 Å². The van der Waals surface area contributed by atoms with Gasteiger partial charge in [-0.1, -0.05) is 6.58 Å². The third kappa shape index (κ3) is 5.87. The van der Waals surface area contributed by atoms with Crippen LogP contribution in [0.1, 0.15) is 13.8 Å². The fourth-order valence-electron chi connectivity index (χ4n) is 1.07. The van der Waals surface area contributed by atoms with E-state index in [1.54, 1.807) is 6.92 Å². The van der Waals surface area contributed by atoms with E-state index in [1.165, 1.54) is 18.0 Å². The zero-order chi connectivity index (χ0) is 13.6. The van der Waals surface area contributed by atoms with Crippen LogP contribution < -0.4 is 0 Å². The Labute approximate surface area is 102 Å². The van der Waals surface area contributed by atoms with Crippen molar-refractivity contribution < 1.29 is 14.7 Å². The van der Waals surface area contributed by atoms with Crippen molar-refractivity contribution in [3.63, 3.8) is 0 Å². The van der Waals surface area contributed by atoms with Gasteiger partial charge in [-0.25, -0.2) is 4.79 Å². The van der Waals surface area contributed by atoms with Crippen LogP contribution in [-0.4, -0.2) is 54.0 Å². The normalized spacial score (nSPS) is 11.5. The Morgan fingerprint density at radius 3 is 2.12 bits per heavy atom. The molecule has 0 spiro atoms. The van der Waals surface area contributed by atoms with Crippen LogP contribution in [0.25, 0.3) is 0 Å². The molecule has 0 fully saturated rings. The van der Waals surface area contributed by atoms with Crippen LogP contribution in [0.3, 0.4) is 0 Å². The van der Waals surface area contributed by atoms with Gasteiger partial charge >= 0.3 is 5.97 Å². The minimum Gasteiger partial charge on any atom is -0.478 e. The van der Waals surface area contributed by atoms with Gasteiger partial charge in [-0.3, -0.25) is 4.79 Å². The van der Waals surface area contributed by atoms with Gasteiger partial charge in [0, 0.05) is 24.9 Å². The van der Waals surface area contributed by atoms with E-state index >= 15 is 0 Å². The fourth-order valence-corrected chi connectivity index (χ4v) is 1.07. The van der Waals surface area contributed by atoms with Crippen molar-refractivity contribution in [2.45, 2.75) is 13.8 Å². The van der Waals surface area contributed by atoms with Crippen LogP contribution >= 0.6 is 0 Å². The van der Waals surface area contributed by atoms with Gasteiger partial charge in [-0.2, -0.15) is 0 Å². The molecule has 0 atom stereocenters. The summed E-state index contributed by atoms with van der Waals surface area (Å²) in [4.78, 5) is 25.8. The predicted molar refractivity (Wildman–Crippen MR) is 66.5 cm³/mol. The summed E-state index contributed by atoms with van der Waals surface area (Å²) in [7, 11) is 3.77. The third-order valence-corrected chi connectivity index (χ3v) is 2.10. The van der Waals surface area contributed by atoms with E-state index in [9.17, 15) is 9.59 Å². The maximum atomic E-state index is 11.8. The lowest BCUT2D eigenvalue weighted by molar-refractivity contribution is -0.132. The molecule has 5 heteroatoms. The van der Waals surface area contributed by atoms with Gasteiger partial charge in [0.05, 0.1) is 5.57 Å². The van der Waals surface area contributed by atoms with Gasteiger partial charge in [-0.15, -0.1) is 0 Å². The van der Waals surface area contributed by atoms with Gasteiger partial charge in [0.25, 0.3) is 5.91 Å². The van der Waals surface area contributed by atoms with Crippen molar-refractivity contribution >= 4 is 11.9 Å². The molecule has 0 aromatic carbocycles. The molecule has 0 rings (SSSR count). The van der Waals surface area contributed by atoms with Crippen LogP contribution in [0, 0.1) is 0 Å². The molecule has 0 aliphatic carbocycles. The van der Waals surface area contributed by atoms with Gasteiger partial charge in [0.2, 0.25) is 0 Å². The summed E-state index contributed by atoms with van der Waals surface area (Å²) in [5.74, 6) is -1.29. The van der Waals surface area contributed by atoms with E-state index in [4.69, 9.17) is 5.11 Å². The summed E-state index contributed by atoms with van der Waals surface area (Å²) >= 11 is 0. The maximum Gasteiger partial charge on any atom is 0.332 e.